The number of ketones is 1. The highest BCUT2D eigenvalue weighted by Crippen LogP contribution is 2.31. The summed E-state index contributed by atoms with van der Waals surface area (Å²) < 4.78 is 43.8. The van der Waals surface area contributed by atoms with Crippen molar-refractivity contribution in [3.05, 3.63) is 83.7 Å². The van der Waals surface area contributed by atoms with E-state index in [4.69, 9.17) is 4.74 Å². The quantitative estimate of drug-likeness (QED) is 0.432. The molecule has 1 aromatic heterocycles. The number of carbonyl (C=O) groups excluding carboxylic acids is 2. The monoisotopic (exact) mass is 465 g/mol. The minimum atomic E-state index is -4.96. The number of nitrogens with one attached hydrogen (secondary N) is 1. The van der Waals surface area contributed by atoms with E-state index in [0.29, 0.717) is 12.3 Å². The van der Waals surface area contributed by atoms with E-state index in [0.717, 1.165) is 39.9 Å². The zero-order valence-corrected chi connectivity index (χ0v) is 17.7. The van der Waals surface area contributed by atoms with Crippen molar-refractivity contribution in [2.24, 2.45) is 0 Å². The summed E-state index contributed by atoms with van der Waals surface area (Å²) in [6, 6.07) is 16.2. The Morgan fingerprint density at radius 3 is 2.41 bits per heavy atom. The highest BCUT2D eigenvalue weighted by Gasteiger charge is 2.39. The predicted octanol–water partition coefficient (Wildman–Crippen LogP) is 5.01. The molecule has 0 atom stereocenters. The third-order valence-electron chi connectivity index (χ3n) is 5.73. The second-order valence-corrected chi connectivity index (χ2v) is 7.94. The van der Waals surface area contributed by atoms with Crippen LogP contribution in [0.1, 0.15) is 26.3 Å². The van der Waals surface area contributed by atoms with Crippen molar-refractivity contribution in [2.45, 2.75) is 12.7 Å². The largest absolute Gasteiger partial charge is 0.491 e. The van der Waals surface area contributed by atoms with Gasteiger partial charge in [0.2, 0.25) is 0 Å². The van der Waals surface area contributed by atoms with Crippen LogP contribution in [0.4, 0.5) is 13.2 Å². The molecule has 2 heterocycles. The maximum absolute atomic E-state index is 13.1. The van der Waals surface area contributed by atoms with Gasteiger partial charge in [-0.25, -0.2) is 4.98 Å². The summed E-state index contributed by atoms with van der Waals surface area (Å²) in [5.41, 5.74) is 4.21. The lowest BCUT2D eigenvalue weighted by molar-refractivity contribution is -0.0885. The summed E-state index contributed by atoms with van der Waals surface area (Å²) in [5.74, 6) is -1.62. The van der Waals surface area contributed by atoms with Gasteiger partial charge in [0, 0.05) is 23.2 Å². The average molecular weight is 465 g/mol. The molecule has 1 aliphatic rings. The van der Waals surface area contributed by atoms with Gasteiger partial charge in [0.25, 0.3) is 11.7 Å². The minimum absolute atomic E-state index is 0.197. The normalized spacial score (nSPS) is 13.8. The van der Waals surface area contributed by atoms with E-state index >= 15 is 0 Å². The Morgan fingerprint density at radius 2 is 1.65 bits per heavy atom. The topological polar surface area (TPSA) is 75.3 Å². The SMILES string of the molecule is O=C(c1ccc(C(=O)C(F)(F)F)cc1)N1CCOc2ccc(-c3ccc4nc[nH]c4c3)cc2C1. The molecular weight excluding hydrogens is 447 g/mol. The molecule has 6 nitrogen and oxygen atoms in total. The van der Waals surface area contributed by atoms with E-state index in [-0.39, 0.29) is 24.6 Å². The van der Waals surface area contributed by atoms with E-state index in [9.17, 15) is 22.8 Å². The number of fused-ring (bicyclic) bond motifs is 2. The van der Waals surface area contributed by atoms with Gasteiger partial charge in [-0.15, -0.1) is 0 Å². The van der Waals surface area contributed by atoms with Crippen molar-refractivity contribution in [3.63, 3.8) is 0 Å². The first-order chi connectivity index (χ1) is 16.3. The Balaban J connectivity index is 1.39. The molecule has 3 aromatic carbocycles. The summed E-state index contributed by atoms with van der Waals surface area (Å²) in [4.78, 5) is 33.4. The first-order valence-electron chi connectivity index (χ1n) is 10.5. The van der Waals surface area contributed by atoms with E-state index < -0.39 is 17.5 Å². The van der Waals surface area contributed by atoms with Gasteiger partial charge in [0.05, 0.1) is 23.9 Å². The zero-order valence-electron chi connectivity index (χ0n) is 17.7. The number of hydrogen-bond acceptors (Lipinski definition) is 4. The van der Waals surface area contributed by atoms with Gasteiger partial charge in [-0.05, 0) is 47.5 Å². The van der Waals surface area contributed by atoms with Crippen molar-refractivity contribution in [3.8, 4) is 16.9 Å². The second kappa shape index (κ2) is 8.33. The fourth-order valence-electron chi connectivity index (χ4n) is 3.97. The fraction of sp³-hybridized carbons (Fsp3) is 0.160. The number of alkyl halides is 3. The number of benzene rings is 3. The number of aromatic nitrogens is 2. The molecule has 9 heteroatoms. The molecule has 0 saturated carbocycles. The highest BCUT2D eigenvalue weighted by molar-refractivity contribution is 6.01. The van der Waals surface area contributed by atoms with Crippen LogP contribution in [0.2, 0.25) is 0 Å². The number of aromatic amines is 1. The molecule has 0 bridgehead atoms. The summed E-state index contributed by atoms with van der Waals surface area (Å²) >= 11 is 0. The number of nitrogens with zero attached hydrogens (tertiary/aromatic N) is 2. The number of H-pyrrole nitrogens is 1. The second-order valence-electron chi connectivity index (χ2n) is 7.94. The van der Waals surface area contributed by atoms with Crippen LogP contribution in [-0.4, -0.2) is 45.9 Å². The van der Waals surface area contributed by atoms with Gasteiger partial charge in [-0.1, -0.05) is 24.3 Å². The van der Waals surface area contributed by atoms with Crippen LogP contribution in [0.3, 0.4) is 0 Å². The van der Waals surface area contributed by atoms with Gasteiger partial charge < -0.3 is 14.6 Å². The molecule has 0 unspecified atom stereocenters. The average Bonchev–Trinajstić information content (AvgIpc) is 3.20. The number of halogens is 3. The molecule has 34 heavy (non-hydrogen) atoms. The molecule has 0 spiro atoms. The van der Waals surface area contributed by atoms with Gasteiger partial charge >= 0.3 is 6.18 Å². The van der Waals surface area contributed by atoms with Crippen LogP contribution in [0.15, 0.2) is 67.0 Å². The predicted molar refractivity (Wildman–Crippen MR) is 119 cm³/mol. The molecule has 0 fully saturated rings. The molecule has 0 aliphatic carbocycles. The van der Waals surface area contributed by atoms with Crippen LogP contribution in [-0.2, 0) is 6.54 Å². The third kappa shape index (κ3) is 4.12. The van der Waals surface area contributed by atoms with Crippen LogP contribution in [0, 0.1) is 0 Å². The van der Waals surface area contributed by atoms with Crippen molar-refractivity contribution in [1.82, 2.24) is 14.9 Å². The highest BCUT2D eigenvalue weighted by atomic mass is 19.4. The number of imidazole rings is 1. The number of amides is 1. The van der Waals surface area contributed by atoms with Gasteiger partial charge in [0.1, 0.15) is 12.4 Å². The summed E-state index contributed by atoms with van der Waals surface area (Å²) in [5, 5.41) is 0. The van der Waals surface area contributed by atoms with Crippen LogP contribution in [0.25, 0.3) is 22.2 Å². The van der Waals surface area contributed by atoms with Crippen molar-refractivity contribution < 1.29 is 27.5 Å². The van der Waals surface area contributed by atoms with Gasteiger partial charge in [0.15, 0.2) is 0 Å². The lowest BCUT2D eigenvalue weighted by atomic mass is 10.0. The Hall–Kier alpha value is -4.14. The van der Waals surface area contributed by atoms with Crippen LogP contribution < -0.4 is 4.74 Å². The summed E-state index contributed by atoms with van der Waals surface area (Å²) in [6.45, 7) is 0.868. The molecule has 1 N–H and O–H groups in total. The number of carbonyl (C=O) groups is 2. The zero-order chi connectivity index (χ0) is 23.9. The van der Waals surface area contributed by atoms with Crippen LogP contribution in [0.5, 0.6) is 5.75 Å². The lowest BCUT2D eigenvalue weighted by Crippen LogP contribution is -2.32. The minimum Gasteiger partial charge on any atom is -0.491 e. The molecule has 0 radical (unpaired) electrons. The van der Waals surface area contributed by atoms with Gasteiger partial charge in [-0.3, -0.25) is 9.59 Å². The molecule has 1 aliphatic heterocycles. The van der Waals surface area contributed by atoms with Crippen molar-refractivity contribution in [1.29, 1.82) is 0 Å². The van der Waals surface area contributed by atoms with E-state index in [2.05, 4.69) is 9.97 Å². The van der Waals surface area contributed by atoms with E-state index in [1.165, 1.54) is 12.1 Å². The number of Topliss-reactive ketones (excluding diaryl/α,β-unsaturated/α-hetero) is 1. The van der Waals surface area contributed by atoms with Crippen LogP contribution >= 0.6 is 0 Å². The fourth-order valence-corrected chi connectivity index (χ4v) is 3.97. The smallest absolute Gasteiger partial charge is 0.454 e. The molecule has 4 aromatic rings. The molecule has 172 valence electrons. The summed E-state index contributed by atoms with van der Waals surface area (Å²) in [7, 11) is 0. The van der Waals surface area contributed by atoms with E-state index in [1.54, 1.807) is 11.2 Å². The van der Waals surface area contributed by atoms with Crippen molar-refractivity contribution in [2.75, 3.05) is 13.2 Å². The molecular formula is C25H18F3N3O3. The van der Waals surface area contributed by atoms with Gasteiger partial charge in [-0.2, -0.15) is 13.2 Å². The number of rotatable bonds is 3. The van der Waals surface area contributed by atoms with E-state index in [1.807, 2.05) is 36.4 Å². The van der Waals surface area contributed by atoms with Crippen molar-refractivity contribution >= 4 is 22.7 Å². The third-order valence-corrected chi connectivity index (χ3v) is 5.73. The first-order valence-corrected chi connectivity index (χ1v) is 10.5. The Kier molecular flexibility index (Phi) is 5.31. The molecule has 5 rings (SSSR count). The number of hydrogen-bond donors (Lipinski definition) is 1. The number of ether oxygens (including phenoxy) is 1. The molecule has 0 saturated heterocycles. The lowest BCUT2D eigenvalue weighted by Gasteiger charge is -2.20. The Morgan fingerprint density at radius 1 is 0.941 bits per heavy atom. The first kappa shape index (κ1) is 21.7. The maximum atomic E-state index is 13.1. The Labute approximate surface area is 192 Å². The maximum Gasteiger partial charge on any atom is 0.454 e. The molecule has 1 amide bonds. The Bertz CT molecular complexity index is 1390. The summed E-state index contributed by atoms with van der Waals surface area (Å²) in [6.07, 6.45) is -3.33. The standard InChI is InChI=1S/C25H18F3N3O3/c26-25(27,28)23(32)15-1-3-16(4-2-15)24(33)31-9-10-34-22-8-6-17(11-19(22)13-31)18-5-7-20-21(12-18)30-14-29-20/h1-8,11-12,14H,9-10,13H2,(H,29,30).